The van der Waals surface area contributed by atoms with Gasteiger partial charge in [0.2, 0.25) is 11.7 Å². The largest absolute Gasteiger partial charge is 0.493 e. The number of imide groups is 1. The van der Waals surface area contributed by atoms with Gasteiger partial charge in [-0.05, 0) is 60.2 Å². The zero-order valence-electron chi connectivity index (χ0n) is 21.3. The lowest BCUT2D eigenvalue weighted by Gasteiger charge is -2.14. The number of amides is 3. The van der Waals surface area contributed by atoms with Gasteiger partial charge in [-0.2, -0.15) is 0 Å². The molecule has 1 saturated heterocycles. The molecule has 1 aliphatic rings. The highest BCUT2D eigenvalue weighted by Crippen LogP contribution is 2.40. The molecule has 0 aromatic heterocycles. The van der Waals surface area contributed by atoms with E-state index in [9.17, 15) is 19.2 Å². The standard InChI is InChI=1S/C26H27ClN2O8S/c1-5-6-9-37-25(32)17-13-16(7-8-18(17)27)28-22(30)14-29-24(31)21(38-26(29)33)12-15-10-19(34-2)23(36-4)20(11-15)35-3/h7-8,10-13H,5-6,9,14H2,1-4H3,(H,28,30)/b21-12+. The van der Waals surface area contributed by atoms with Crippen LogP contribution in [0.2, 0.25) is 5.02 Å². The van der Waals surface area contributed by atoms with Gasteiger partial charge in [-0.15, -0.1) is 0 Å². The predicted octanol–water partition coefficient (Wildman–Crippen LogP) is 5.00. The van der Waals surface area contributed by atoms with Crippen LogP contribution in [0.15, 0.2) is 35.2 Å². The van der Waals surface area contributed by atoms with Crippen molar-refractivity contribution >= 4 is 58.1 Å². The van der Waals surface area contributed by atoms with Gasteiger partial charge < -0.3 is 24.3 Å². The summed E-state index contributed by atoms with van der Waals surface area (Å²) in [6.07, 6.45) is 3.08. The molecule has 2 aromatic carbocycles. The number of methoxy groups -OCH3 is 3. The number of hydrogen-bond donors (Lipinski definition) is 1. The third kappa shape index (κ3) is 6.78. The second-order valence-electron chi connectivity index (χ2n) is 7.96. The molecular weight excluding hydrogens is 536 g/mol. The van der Waals surface area contributed by atoms with E-state index in [0.29, 0.717) is 41.0 Å². The summed E-state index contributed by atoms with van der Waals surface area (Å²) in [6, 6.07) is 7.60. The van der Waals surface area contributed by atoms with Gasteiger partial charge in [0.25, 0.3) is 11.1 Å². The fraction of sp³-hybridized carbons (Fsp3) is 0.308. The number of nitrogens with zero attached hydrogens (tertiary/aromatic N) is 1. The SMILES string of the molecule is CCCCOC(=O)c1cc(NC(=O)CN2C(=O)S/C(=C/c3cc(OC)c(OC)c(OC)c3)C2=O)ccc1Cl. The molecule has 1 heterocycles. The number of carbonyl (C=O) groups excluding carboxylic acids is 4. The van der Waals surface area contributed by atoms with Crippen LogP contribution in [0.5, 0.6) is 17.2 Å². The summed E-state index contributed by atoms with van der Waals surface area (Å²) >= 11 is 6.82. The Hall–Kier alpha value is -3.70. The minimum Gasteiger partial charge on any atom is -0.493 e. The molecule has 3 amide bonds. The smallest absolute Gasteiger partial charge is 0.339 e. The van der Waals surface area contributed by atoms with E-state index in [4.69, 9.17) is 30.5 Å². The summed E-state index contributed by atoms with van der Waals surface area (Å²) in [6.45, 7) is 1.71. The third-order valence-corrected chi connectivity index (χ3v) is 6.60. The van der Waals surface area contributed by atoms with E-state index in [1.165, 1.54) is 45.6 Å². The normalized spacial score (nSPS) is 14.0. The van der Waals surface area contributed by atoms with Gasteiger partial charge >= 0.3 is 5.97 Å². The average molecular weight is 563 g/mol. The average Bonchev–Trinajstić information content (AvgIpc) is 3.16. The van der Waals surface area contributed by atoms with Crippen LogP contribution in [0.3, 0.4) is 0 Å². The van der Waals surface area contributed by atoms with Crippen molar-refractivity contribution in [3.63, 3.8) is 0 Å². The van der Waals surface area contributed by atoms with E-state index < -0.39 is 29.6 Å². The molecule has 12 heteroatoms. The van der Waals surface area contributed by atoms with Crippen molar-refractivity contribution in [2.75, 3.05) is 39.8 Å². The van der Waals surface area contributed by atoms with Crippen LogP contribution in [0.1, 0.15) is 35.7 Å². The van der Waals surface area contributed by atoms with Crippen molar-refractivity contribution < 1.29 is 38.1 Å². The molecule has 0 saturated carbocycles. The number of ether oxygens (including phenoxy) is 4. The topological polar surface area (TPSA) is 120 Å². The summed E-state index contributed by atoms with van der Waals surface area (Å²) in [5, 5.41) is 2.16. The van der Waals surface area contributed by atoms with Gasteiger partial charge in [0.05, 0.1) is 43.4 Å². The quantitative estimate of drug-likeness (QED) is 0.229. The van der Waals surface area contributed by atoms with Gasteiger partial charge in [0.15, 0.2) is 11.5 Å². The molecular formula is C26H27ClN2O8S. The lowest BCUT2D eigenvalue weighted by atomic mass is 10.1. The van der Waals surface area contributed by atoms with E-state index >= 15 is 0 Å². The van der Waals surface area contributed by atoms with Crippen LogP contribution in [0.25, 0.3) is 6.08 Å². The maximum absolute atomic E-state index is 12.9. The Balaban J connectivity index is 1.72. The highest BCUT2D eigenvalue weighted by molar-refractivity contribution is 8.18. The van der Waals surface area contributed by atoms with Gasteiger partial charge in [0, 0.05) is 5.69 Å². The first kappa shape index (κ1) is 28.9. The molecule has 0 aliphatic carbocycles. The molecule has 0 radical (unpaired) electrons. The summed E-state index contributed by atoms with van der Waals surface area (Å²) in [5.74, 6) is -0.713. The van der Waals surface area contributed by atoms with Crippen LogP contribution in [-0.4, -0.2) is 62.4 Å². The molecule has 3 rings (SSSR count). The highest BCUT2D eigenvalue weighted by atomic mass is 35.5. The highest BCUT2D eigenvalue weighted by Gasteiger charge is 2.36. The maximum Gasteiger partial charge on any atom is 0.339 e. The molecule has 0 unspecified atom stereocenters. The number of halogens is 1. The first-order valence-corrected chi connectivity index (χ1v) is 12.7. The van der Waals surface area contributed by atoms with Gasteiger partial charge in [-0.3, -0.25) is 19.3 Å². The van der Waals surface area contributed by atoms with Crippen molar-refractivity contribution in [1.82, 2.24) is 4.90 Å². The lowest BCUT2D eigenvalue weighted by molar-refractivity contribution is -0.127. The number of benzene rings is 2. The van der Waals surface area contributed by atoms with Crippen molar-refractivity contribution in [3.05, 3.63) is 51.4 Å². The van der Waals surface area contributed by atoms with Crippen LogP contribution < -0.4 is 19.5 Å². The lowest BCUT2D eigenvalue weighted by Crippen LogP contribution is -2.36. The Bertz CT molecular complexity index is 1250. The fourth-order valence-electron chi connectivity index (χ4n) is 3.46. The Morgan fingerprint density at radius 3 is 2.34 bits per heavy atom. The molecule has 10 nitrogen and oxygen atoms in total. The molecule has 1 N–H and O–H groups in total. The van der Waals surface area contributed by atoms with Gasteiger partial charge in [0.1, 0.15) is 6.54 Å². The molecule has 1 fully saturated rings. The number of esters is 1. The molecule has 202 valence electrons. The van der Waals surface area contributed by atoms with Crippen molar-refractivity contribution in [1.29, 1.82) is 0 Å². The first-order chi connectivity index (χ1) is 18.2. The zero-order valence-corrected chi connectivity index (χ0v) is 22.9. The number of nitrogens with one attached hydrogen (secondary N) is 1. The van der Waals surface area contributed by atoms with E-state index in [1.807, 2.05) is 6.92 Å². The van der Waals surface area contributed by atoms with E-state index in [2.05, 4.69) is 5.32 Å². The van der Waals surface area contributed by atoms with Crippen LogP contribution >= 0.6 is 23.4 Å². The van der Waals surface area contributed by atoms with E-state index in [0.717, 1.165) is 11.3 Å². The first-order valence-electron chi connectivity index (χ1n) is 11.5. The minimum atomic E-state index is -0.631. The molecule has 0 atom stereocenters. The second-order valence-corrected chi connectivity index (χ2v) is 9.36. The summed E-state index contributed by atoms with van der Waals surface area (Å²) < 4.78 is 21.1. The summed E-state index contributed by atoms with van der Waals surface area (Å²) in [5.41, 5.74) is 0.899. The Morgan fingerprint density at radius 1 is 1.05 bits per heavy atom. The number of carbonyl (C=O) groups is 4. The second kappa shape index (κ2) is 13.2. The Kier molecular flexibility index (Phi) is 10.0. The molecule has 1 aliphatic heterocycles. The molecule has 2 aromatic rings. The van der Waals surface area contributed by atoms with Crippen molar-refractivity contribution in [2.45, 2.75) is 19.8 Å². The molecule has 0 spiro atoms. The van der Waals surface area contributed by atoms with Crippen LogP contribution in [0.4, 0.5) is 10.5 Å². The van der Waals surface area contributed by atoms with E-state index in [1.54, 1.807) is 12.1 Å². The molecule has 0 bridgehead atoms. The van der Waals surface area contributed by atoms with Crippen molar-refractivity contribution in [3.8, 4) is 17.2 Å². The van der Waals surface area contributed by atoms with Gasteiger partial charge in [-0.25, -0.2) is 4.79 Å². The zero-order chi connectivity index (χ0) is 27.8. The monoisotopic (exact) mass is 562 g/mol. The van der Waals surface area contributed by atoms with Crippen LogP contribution in [0, 0.1) is 0 Å². The number of rotatable bonds is 11. The molecule has 38 heavy (non-hydrogen) atoms. The minimum absolute atomic E-state index is 0.0972. The van der Waals surface area contributed by atoms with E-state index in [-0.39, 0.29) is 27.8 Å². The summed E-state index contributed by atoms with van der Waals surface area (Å²) in [7, 11) is 4.40. The van der Waals surface area contributed by atoms with Crippen molar-refractivity contribution in [2.24, 2.45) is 0 Å². The third-order valence-electron chi connectivity index (χ3n) is 5.36. The predicted molar refractivity (Wildman–Crippen MR) is 144 cm³/mol. The fourth-order valence-corrected chi connectivity index (χ4v) is 4.50. The van der Waals surface area contributed by atoms with Gasteiger partial charge in [-0.1, -0.05) is 24.9 Å². The van der Waals surface area contributed by atoms with Crippen LogP contribution in [-0.2, 0) is 14.3 Å². The Morgan fingerprint density at radius 2 is 1.74 bits per heavy atom. The number of unbranched alkanes of at least 4 members (excludes halogenated alkanes) is 1. The summed E-state index contributed by atoms with van der Waals surface area (Å²) in [4.78, 5) is 51.4. The number of hydrogen-bond acceptors (Lipinski definition) is 9. The maximum atomic E-state index is 12.9. The Labute approximate surface area is 229 Å². The number of thioether (sulfide) groups is 1. The number of anilines is 1.